The van der Waals surface area contributed by atoms with Gasteiger partial charge in [-0.05, 0) is 30.7 Å². The van der Waals surface area contributed by atoms with Gasteiger partial charge in [-0.2, -0.15) is 0 Å². The number of carbonyl (C=O) groups is 2. The smallest absolute Gasteiger partial charge is 0.319 e. The number of benzene rings is 2. The van der Waals surface area contributed by atoms with Gasteiger partial charge in [0, 0.05) is 10.7 Å². The van der Waals surface area contributed by atoms with E-state index in [4.69, 9.17) is 23.2 Å². The van der Waals surface area contributed by atoms with Crippen molar-refractivity contribution in [1.29, 1.82) is 0 Å². The van der Waals surface area contributed by atoms with Crippen molar-refractivity contribution < 1.29 is 9.59 Å². The fraction of sp³-hybridized carbons (Fsp3) is 0.111. The molecule has 3 amide bonds. The monoisotopic (exact) mass is 375 g/mol. The minimum Gasteiger partial charge on any atom is -0.327 e. The molecule has 0 radical (unpaired) electrons. The van der Waals surface area contributed by atoms with E-state index >= 15 is 0 Å². The summed E-state index contributed by atoms with van der Waals surface area (Å²) in [4.78, 5) is 24.8. The maximum absolute atomic E-state index is 12.9. The highest BCUT2D eigenvalue weighted by molar-refractivity contribution is 6.34. The topological polar surface area (TPSA) is 70.2 Å². The molecule has 0 aliphatic carbocycles. The van der Waals surface area contributed by atoms with Gasteiger partial charge >= 0.3 is 6.03 Å². The molecule has 25 heavy (non-hydrogen) atoms. The molecule has 1 heterocycles. The Labute approximate surface area is 155 Å². The molecule has 3 rings (SSSR count). The van der Waals surface area contributed by atoms with Crippen LogP contribution in [0.1, 0.15) is 18.5 Å². The molecule has 1 unspecified atom stereocenters. The number of halogens is 2. The molecule has 0 saturated heterocycles. The Morgan fingerprint density at radius 1 is 1.04 bits per heavy atom. The van der Waals surface area contributed by atoms with Gasteiger partial charge in [-0.1, -0.05) is 53.5 Å². The Balaban J connectivity index is 1.99. The molecule has 2 aromatic rings. The average molecular weight is 376 g/mol. The summed E-state index contributed by atoms with van der Waals surface area (Å²) < 4.78 is 0. The van der Waals surface area contributed by atoms with E-state index < -0.39 is 12.1 Å². The number of carbonyl (C=O) groups excluding carboxylic acids is 2. The summed E-state index contributed by atoms with van der Waals surface area (Å²) in [6.45, 7) is 1.67. The second kappa shape index (κ2) is 7.17. The second-order valence-corrected chi connectivity index (χ2v) is 6.34. The van der Waals surface area contributed by atoms with Crippen molar-refractivity contribution in [2.45, 2.75) is 13.0 Å². The second-order valence-electron chi connectivity index (χ2n) is 5.53. The third-order valence-electron chi connectivity index (χ3n) is 3.85. The fourth-order valence-corrected chi connectivity index (χ4v) is 3.12. The number of urea groups is 1. The fourth-order valence-electron chi connectivity index (χ4n) is 2.69. The third-order valence-corrected chi connectivity index (χ3v) is 4.53. The number of para-hydroxylation sites is 1. The normalized spacial score (nSPS) is 16.9. The molecule has 1 aliphatic rings. The zero-order valence-corrected chi connectivity index (χ0v) is 14.8. The Morgan fingerprint density at radius 2 is 1.68 bits per heavy atom. The predicted molar refractivity (Wildman–Crippen MR) is 98.6 cm³/mol. The van der Waals surface area contributed by atoms with Gasteiger partial charge in [0.1, 0.15) is 0 Å². The summed E-state index contributed by atoms with van der Waals surface area (Å²) in [5, 5.41) is 9.04. The maximum atomic E-state index is 12.9. The predicted octanol–water partition coefficient (Wildman–Crippen LogP) is 4.26. The van der Waals surface area contributed by atoms with E-state index in [1.807, 2.05) is 0 Å². The van der Waals surface area contributed by atoms with E-state index in [-0.39, 0.29) is 5.91 Å². The van der Waals surface area contributed by atoms with Gasteiger partial charge in [0.25, 0.3) is 5.91 Å². The van der Waals surface area contributed by atoms with Crippen LogP contribution >= 0.6 is 23.2 Å². The maximum Gasteiger partial charge on any atom is 0.319 e. The average Bonchev–Trinajstić information content (AvgIpc) is 2.56. The molecule has 0 spiro atoms. The summed E-state index contributed by atoms with van der Waals surface area (Å²) in [7, 11) is 0. The van der Waals surface area contributed by atoms with Crippen LogP contribution in [-0.4, -0.2) is 11.9 Å². The van der Waals surface area contributed by atoms with Crippen LogP contribution in [0, 0.1) is 0 Å². The van der Waals surface area contributed by atoms with Crippen LogP contribution in [-0.2, 0) is 4.79 Å². The van der Waals surface area contributed by atoms with Gasteiger partial charge in [0.05, 0.1) is 22.3 Å². The van der Waals surface area contributed by atoms with Crippen molar-refractivity contribution in [1.82, 2.24) is 10.6 Å². The molecule has 1 aliphatic heterocycles. The minimum atomic E-state index is -0.662. The lowest BCUT2D eigenvalue weighted by Crippen LogP contribution is -2.46. The van der Waals surface area contributed by atoms with Crippen LogP contribution in [0.2, 0.25) is 10.0 Å². The number of rotatable bonds is 3. The van der Waals surface area contributed by atoms with Crippen LogP contribution in [0.4, 0.5) is 10.5 Å². The van der Waals surface area contributed by atoms with E-state index in [0.29, 0.717) is 32.6 Å². The van der Waals surface area contributed by atoms with Crippen LogP contribution in [0.5, 0.6) is 0 Å². The van der Waals surface area contributed by atoms with E-state index in [0.717, 1.165) is 0 Å². The highest BCUT2D eigenvalue weighted by atomic mass is 35.5. The van der Waals surface area contributed by atoms with Gasteiger partial charge in [-0.3, -0.25) is 4.79 Å². The zero-order valence-electron chi connectivity index (χ0n) is 13.3. The molecule has 128 valence electrons. The van der Waals surface area contributed by atoms with Crippen molar-refractivity contribution in [3.63, 3.8) is 0 Å². The van der Waals surface area contributed by atoms with Crippen LogP contribution in [0.15, 0.2) is 59.8 Å². The lowest BCUT2D eigenvalue weighted by atomic mass is 9.94. The first-order chi connectivity index (χ1) is 12.0. The lowest BCUT2D eigenvalue weighted by molar-refractivity contribution is -0.113. The molecule has 5 nitrogen and oxygen atoms in total. The summed E-state index contributed by atoms with van der Waals surface area (Å²) in [6, 6.07) is 13.0. The molecule has 1 atom stereocenters. The highest BCUT2D eigenvalue weighted by Gasteiger charge is 2.32. The Hall–Kier alpha value is -2.50. The Kier molecular flexibility index (Phi) is 4.97. The van der Waals surface area contributed by atoms with E-state index in [1.165, 1.54) is 0 Å². The number of anilines is 1. The van der Waals surface area contributed by atoms with Gasteiger partial charge in [0.2, 0.25) is 0 Å². The zero-order chi connectivity index (χ0) is 18.0. The van der Waals surface area contributed by atoms with Crippen molar-refractivity contribution >= 4 is 40.8 Å². The molecule has 3 N–H and O–H groups in total. The molecule has 0 fully saturated rings. The summed E-state index contributed by atoms with van der Waals surface area (Å²) in [5.74, 6) is -0.372. The molecule has 0 saturated carbocycles. The number of hydrogen-bond donors (Lipinski definition) is 3. The quantitative estimate of drug-likeness (QED) is 0.749. The van der Waals surface area contributed by atoms with E-state index in [1.54, 1.807) is 55.5 Å². The van der Waals surface area contributed by atoms with Crippen LogP contribution < -0.4 is 16.0 Å². The van der Waals surface area contributed by atoms with Crippen molar-refractivity contribution in [3.8, 4) is 0 Å². The van der Waals surface area contributed by atoms with Gasteiger partial charge in [-0.25, -0.2) is 4.79 Å². The first-order valence-electron chi connectivity index (χ1n) is 7.56. The summed E-state index contributed by atoms with van der Waals surface area (Å²) in [6.07, 6.45) is 0. The molecule has 0 aromatic heterocycles. The standard InChI is InChI=1S/C18H15Cl2N3O2/c1-10-15(17(24)22-14-9-5-4-8-13(14)20)16(23-18(25)21-10)11-6-2-3-7-12(11)19/h2-9,16H,1H3,(H,22,24)(H2,21,23,25). The largest absolute Gasteiger partial charge is 0.327 e. The first-order valence-corrected chi connectivity index (χ1v) is 8.31. The number of hydrogen-bond acceptors (Lipinski definition) is 2. The van der Waals surface area contributed by atoms with Crippen LogP contribution in [0.3, 0.4) is 0 Å². The van der Waals surface area contributed by atoms with Gasteiger partial charge < -0.3 is 16.0 Å². The van der Waals surface area contributed by atoms with E-state index in [9.17, 15) is 9.59 Å². The molecular weight excluding hydrogens is 361 g/mol. The van der Waals surface area contributed by atoms with Gasteiger partial charge in [0.15, 0.2) is 0 Å². The van der Waals surface area contributed by atoms with Gasteiger partial charge in [-0.15, -0.1) is 0 Å². The third kappa shape index (κ3) is 3.62. The first kappa shape index (κ1) is 17.3. The Bertz CT molecular complexity index is 880. The van der Waals surface area contributed by atoms with Crippen molar-refractivity contribution in [2.24, 2.45) is 0 Å². The molecule has 7 heteroatoms. The van der Waals surface area contributed by atoms with Crippen LogP contribution in [0.25, 0.3) is 0 Å². The van der Waals surface area contributed by atoms with Crippen molar-refractivity contribution in [2.75, 3.05) is 5.32 Å². The number of allylic oxidation sites excluding steroid dienone is 1. The SMILES string of the molecule is CC1=C(C(=O)Nc2ccccc2Cl)C(c2ccccc2Cl)NC(=O)N1. The summed E-state index contributed by atoms with van der Waals surface area (Å²) in [5.41, 5.74) is 1.96. The van der Waals surface area contributed by atoms with E-state index in [2.05, 4.69) is 16.0 Å². The lowest BCUT2D eigenvalue weighted by Gasteiger charge is -2.29. The molecular formula is C18H15Cl2N3O2. The Morgan fingerprint density at radius 3 is 2.36 bits per heavy atom. The number of amides is 3. The number of nitrogens with one attached hydrogen (secondary N) is 3. The highest BCUT2D eigenvalue weighted by Crippen LogP contribution is 2.32. The molecule has 0 bridgehead atoms. The summed E-state index contributed by atoms with van der Waals surface area (Å²) >= 11 is 12.4. The minimum absolute atomic E-state index is 0.368. The van der Waals surface area contributed by atoms with Crippen molar-refractivity contribution in [3.05, 3.63) is 75.4 Å². The molecule has 2 aromatic carbocycles.